The monoisotopic (exact) mass is 294 g/mol. The molecular weight excluding hydrogens is 271 g/mol. The molecule has 0 heterocycles. The summed E-state index contributed by atoms with van der Waals surface area (Å²) in [4.78, 5) is 10.4. The Labute approximate surface area is 124 Å². The van der Waals surface area contributed by atoms with Gasteiger partial charge in [-0.05, 0) is 42.2 Å². The molecule has 1 aromatic rings. The van der Waals surface area contributed by atoms with Gasteiger partial charge in [0.2, 0.25) is 5.82 Å². The van der Waals surface area contributed by atoms with Crippen molar-refractivity contribution in [1.29, 1.82) is 0 Å². The van der Waals surface area contributed by atoms with Crippen molar-refractivity contribution in [2.75, 3.05) is 5.32 Å². The van der Waals surface area contributed by atoms with E-state index in [1.54, 1.807) is 6.07 Å². The summed E-state index contributed by atoms with van der Waals surface area (Å²) >= 11 is 0. The zero-order chi connectivity index (χ0) is 15.8. The molecule has 1 fully saturated rings. The topological polar surface area (TPSA) is 55.2 Å². The smallest absolute Gasteiger partial charge is 0.327 e. The van der Waals surface area contributed by atoms with E-state index in [0.29, 0.717) is 0 Å². The van der Waals surface area contributed by atoms with Crippen molar-refractivity contribution in [2.45, 2.75) is 53.0 Å². The van der Waals surface area contributed by atoms with Crippen LogP contribution in [0.1, 0.15) is 47.0 Å². The van der Waals surface area contributed by atoms with Gasteiger partial charge in [0.15, 0.2) is 0 Å². The summed E-state index contributed by atoms with van der Waals surface area (Å²) in [5.74, 6) is -0.792. The number of hydrogen-bond acceptors (Lipinski definition) is 3. The van der Waals surface area contributed by atoms with E-state index >= 15 is 0 Å². The van der Waals surface area contributed by atoms with Crippen LogP contribution in [0, 0.1) is 26.8 Å². The Morgan fingerprint density at radius 1 is 1.24 bits per heavy atom. The second-order valence-corrected chi connectivity index (χ2v) is 7.65. The van der Waals surface area contributed by atoms with Crippen LogP contribution in [0.25, 0.3) is 0 Å². The lowest BCUT2D eigenvalue weighted by Gasteiger charge is -2.45. The number of rotatable bonds is 3. The lowest BCUT2D eigenvalue weighted by atomic mass is 9.63. The summed E-state index contributed by atoms with van der Waals surface area (Å²) in [7, 11) is 0. The molecule has 1 aliphatic carbocycles. The van der Waals surface area contributed by atoms with Gasteiger partial charge >= 0.3 is 5.69 Å². The van der Waals surface area contributed by atoms with Crippen molar-refractivity contribution in [1.82, 2.24) is 0 Å². The third-order valence-corrected chi connectivity index (χ3v) is 4.08. The van der Waals surface area contributed by atoms with Crippen molar-refractivity contribution >= 4 is 11.4 Å². The van der Waals surface area contributed by atoms with Crippen molar-refractivity contribution in [3.05, 3.63) is 34.1 Å². The minimum absolute atomic E-state index is 0.115. The number of hydrogen-bond donors (Lipinski definition) is 1. The number of nitro benzene ring substituents is 1. The first-order chi connectivity index (χ1) is 9.60. The number of nitro groups is 1. The fraction of sp³-hybridized carbons (Fsp3) is 0.625. The van der Waals surface area contributed by atoms with Gasteiger partial charge in [0.1, 0.15) is 5.69 Å². The highest BCUT2D eigenvalue weighted by Gasteiger charge is 2.39. The molecule has 0 spiro atoms. The van der Waals surface area contributed by atoms with Gasteiger partial charge in [0.25, 0.3) is 0 Å². The Morgan fingerprint density at radius 3 is 2.33 bits per heavy atom. The molecule has 0 aliphatic heterocycles. The van der Waals surface area contributed by atoms with Crippen LogP contribution in [0.5, 0.6) is 0 Å². The van der Waals surface area contributed by atoms with E-state index in [9.17, 15) is 14.5 Å². The lowest BCUT2D eigenvalue weighted by Crippen LogP contribution is -2.40. The maximum Gasteiger partial charge on any atom is 0.327 e. The average Bonchev–Trinajstić information content (AvgIpc) is 2.23. The SMILES string of the molecule is CC1(C)CC(Nc2cccc(F)c2[N+](=O)[O-])CC(C)(C)C1. The molecule has 1 aromatic carbocycles. The molecular formula is C16H23FN2O2. The van der Waals surface area contributed by atoms with Crippen molar-refractivity contribution in [3.63, 3.8) is 0 Å². The van der Waals surface area contributed by atoms with Crippen LogP contribution < -0.4 is 5.32 Å². The number of anilines is 1. The third kappa shape index (κ3) is 3.71. The third-order valence-electron chi connectivity index (χ3n) is 4.08. The molecule has 0 atom stereocenters. The predicted molar refractivity (Wildman–Crippen MR) is 81.9 cm³/mol. The quantitative estimate of drug-likeness (QED) is 0.646. The standard InChI is InChI=1S/C16H23FN2O2/c1-15(2)8-11(9-16(3,4)10-15)18-13-7-5-6-12(17)14(13)19(20)21/h5-7,11,18H,8-10H2,1-4H3. The second-order valence-electron chi connectivity index (χ2n) is 7.65. The molecule has 2 rings (SSSR count). The van der Waals surface area contributed by atoms with E-state index in [2.05, 4.69) is 33.0 Å². The molecule has 0 aromatic heterocycles. The molecule has 0 radical (unpaired) electrons. The average molecular weight is 294 g/mol. The van der Waals surface area contributed by atoms with Gasteiger partial charge in [0.05, 0.1) is 4.92 Å². The molecule has 0 amide bonds. The van der Waals surface area contributed by atoms with E-state index in [4.69, 9.17) is 0 Å². The van der Waals surface area contributed by atoms with Gasteiger partial charge in [-0.25, -0.2) is 0 Å². The Hall–Kier alpha value is -1.65. The first-order valence-corrected chi connectivity index (χ1v) is 7.29. The fourth-order valence-corrected chi connectivity index (χ4v) is 3.99. The highest BCUT2D eigenvalue weighted by Crippen LogP contribution is 2.46. The minimum Gasteiger partial charge on any atom is -0.377 e. The number of para-hydroxylation sites is 1. The number of halogens is 1. The summed E-state index contributed by atoms with van der Waals surface area (Å²) in [5, 5.41) is 14.3. The van der Waals surface area contributed by atoms with Crippen LogP contribution in [-0.2, 0) is 0 Å². The number of benzene rings is 1. The second kappa shape index (κ2) is 5.28. The zero-order valence-electron chi connectivity index (χ0n) is 13.1. The van der Waals surface area contributed by atoms with Crippen molar-refractivity contribution in [3.8, 4) is 0 Å². The van der Waals surface area contributed by atoms with Crippen LogP contribution in [-0.4, -0.2) is 11.0 Å². The summed E-state index contributed by atoms with van der Waals surface area (Å²) < 4.78 is 13.7. The number of nitrogens with zero attached hydrogens (tertiary/aromatic N) is 1. The maximum absolute atomic E-state index is 13.7. The van der Waals surface area contributed by atoms with Crippen LogP contribution in [0.3, 0.4) is 0 Å². The van der Waals surface area contributed by atoms with Crippen LogP contribution in [0.15, 0.2) is 18.2 Å². The van der Waals surface area contributed by atoms with Gasteiger partial charge in [-0.1, -0.05) is 33.8 Å². The van der Waals surface area contributed by atoms with E-state index in [1.165, 1.54) is 6.07 Å². The molecule has 4 nitrogen and oxygen atoms in total. The normalized spacial score (nSPS) is 21.0. The van der Waals surface area contributed by atoms with Gasteiger partial charge in [-0.15, -0.1) is 0 Å². The molecule has 1 aliphatic rings. The molecule has 116 valence electrons. The van der Waals surface area contributed by atoms with Gasteiger partial charge in [-0.2, -0.15) is 4.39 Å². The van der Waals surface area contributed by atoms with Crippen LogP contribution >= 0.6 is 0 Å². The van der Waals surface area contributed by atoms with E-state index in [1.807, 2.05) is 0 Å². The molecule has 1 saturated carbocycles. The van der Waals surface area contributed by atoms with Crippen LogP contribution in [0.4, 0.5) is 15.8 Å². The van der Waals surface area contributed by atoms with Crippen LogP contribution in [0.2, 0.25) is 0 Å². The zero-order valence-corrected chi connectivity index (χ0v) is 13.1. The summed E-state index contributed by atoms with van der Waals surface area (Å²) in [6, 6.07) is 4.32. The maximum atomic E-state index is 13.7. The molecule has 5 heteroatoms. The Morgan fingerprint density at radius 2 is 1.81 bits per heavy atom. The van der Waals surface area contributed by atoms with Gasteiger partial charge in [0, 0.05) is 6.04 Å². The first kappa shape index (κ1) is 15.7. The summed E-state index contributed by atoms with van der Waals surface area (Å²) in [6.45, 7) is 8.84. The van der Waals surface area contributed by atoms with E-state index in [-0.39, 0.29) is 22.6 Å². The first-order valence-electron chi connectivity index (χ1n) is 7.29. The fourth-order valence-electron chi connectivity index (χ4n) is 3.99. The molecule has 21 heavy (non-hydrogen) atoms. The molecule has 0 unspecified atom stereocenters. The van der Waals surface area contributed by atoms with Gasteiger partial charge < -0.3 is 5.32 Å². The highest BCUT2D eigenvalue weighted by atomic mass is 19.1. The predicted octanol–water partition coefficient (Wildman–Crippen LogP) is 4.75. The molecule has 0 bridgehead atoms. The Kier molecular flexibility index (Phi) is 3.95. The van der Waals surface area contributed by atoms with Gasteiger partial charge in [-0.3, -0.25) is 10.1 Å². The molecule has 1 N–H and O–H groups in total. The van der Waals surface area contributed by atoms with Crippen molar-refractivity contribution < 1.29 is 9.31 Å². The van der Waals surface area contributed by atoms with E-state index < -0.39 is 16.4 Å². The summed E-state index contributed by atoms with van der Waals surface area (Å²) in [5.41, 5.74) is 0.153. The minimum atomic E-state index is -0.792. The Bertz CT molecular complexity index is 539. The van der Waals surface area contributed by atoms with E-state index in [0.717, 1.165) is 25.3 Å². The lowest BCUT2D eigenvalue weighted by molar-refractivity contribution is -0.386. The highest BCUT2D eigenvalue weighted by molar-refractivity contribution is 5.62. The summed E-state index contributed by atoms with van der Waals surface area (Å²) in [6.07, 6.45) is 2.96. The number of nitrogens with one attached hydrogen (secondary N) is 1. The molecule has 0 saturated heterocycles. The largest absolute Gasteiger partial charge is 0.377 e. The van der Waals surface area contributed by atoms with Crippen molar-refractivity contribution in [2.24, 2.45) is 10.8 Å². The Balaban J connectivity index is 2.26.